The molecule has 1 aromatic carbocycles. The van der Waals surface area contributed by atoms with Crippen molar-refractivity contribution in [2.75, 3.05) is 0 Å². The van der Waals surface area contributed by atoms with Crippen LogP contribution in [0.3, 0.4) is 0 Å². The van der Waals surface area contributed by atoms with Gasteiger partial charge in [0.25, 0.3) is 11.8 Å². The molecule has 2 rings (SSSR count). The number of nitrogens with one attached hydrogen (secondary N) is 2. The van der Waals surface area contributed by atoms with E-state index in [0.29, 0.717) is 11.5 Å². The molecular weight excluding hydrogens is 270 g/mol. The second kappa shape index (κ2) is 7.54. The van der Waals surface area contributed by atoms with Gasteiger partial charge in [0.15, 0.2) is 0 Å². The van der Waals surface area contributed by atoms with Gasteiger partial charge in [-0.15, -0.1) is 0 Å². The van der Waals surface area contributed by atoms with Gasteiger partial charge >= 0.3 is 0 Å². The van der Waals surface area contributed by atoms with Crippen LogP contribution in [0.4, 0.5) is 0 Å². The molecule has 6 nitrogen and oxygen atoms in total. The van der Waals surface area contributed by atoms with Gasteiger partial charge in [-0.05, 0) is 43.0 Å². The maximum Gasteiger partial charge on any atom is 0.274 e. The standard InChI is InChI=1S/C15H19N3O3/c19-14(17-16-10-11-4-2-1-3-5-11)12-6-8-13(9-7-12)15(20)18-21/h6-11,21H,1-5H2,(H,17,19)(H,18,20). The Balaban J connectivity index is 1.87. The van der Waals surface area contributed by atoms with E-state index in [4.69, 9.17) is 5.21 Å². The van der Waals surface area contributed by atoms with E-state index in [1.165, 1.54) is 49.0 Å². The van der Waals surface area contributed by atoms with Crippen LogP contribution in [0.2, 0.25) is 0 Å². The first kappa shape index (κ1) is 15.2. The normalized spacial score (nSPS) is 15.9. The van der Waals surface area contributed by atoms with E-state index in [9.17, 15) is 9.59 Å². The first-order valence-electron chi connectivity index (χ1n) is 7.08. The van der Waals surface area contributed by atoms with Crippen LogP contribution in [0.5, 0.6) is 0 Å². The SMILES string of the molecule is O=C(NO)c1ccc(C(=O)NN=CC2CCCCC2)cc1. The van der Waals surface area contributed by atoms with Crippen molar-refractivity contribution in [3.05, 3.63) is 35.4 Å². The quantitative estimate of drug-likeness (QED) is 0.450. The van der Waals surface area contributed by atoms with Crippen LogP contribution >= 0.6 is 0 Å². The summed E-state index contributed by atoms with van der Waals surface area (Å²) in [5, 5.41) is 12.5. The van der Waals surface area contributed by atoms with Crippen molar-refractivity contribution in [1.29, 1.82) is 0 Å². The van der Waals surface area contributed by atoms with E-state index in [1.807, 2.05) is 6.21 Å². The highest BCUT2D eigenvalue weighted by Gasteiger charge is 2.11. The zero-order valence-electron chi connectivity index (χ0n) is 11.7. The van der Waals surface area contributed by atoms with Gasteiger partial charge in [-0.1, -0.05) is 19.3 Å². The lowest BCUT2D eigenvalue weighted by Gasteiger charge is -2.16. The molecule has 0 heterocycles. The van der Waals surface area contributed by atoms with Crippen LogP contribution < -0.4 is 10.9 Å². The lowest BCUT2D eigenvalue weighted by atomic mass is 9.90. The Labute approximate surface area is 123 Å². The lowest BCUT2D eigenvalue weighted by molar-refractivity contribution is 0.0706. The highest BCUT2D eigenvalue weighted by molar-refractivity contribution is 5.97. The smallest absolute Gasteiger partial charge is 0.274 e. The largest absolute Gasteiger partial charge is 0.288 e. The molecule has 0 unspecified atom stereocenters. The summed E-state index contributed by atoms with van der Waals surface area (Å²) < 4.78 is 0. The van der Waals surface area contributed by atoms with E-state index >= 15 is 0 Å². The molecule has 2 amide bonds. The molecule has 0 atom stereocenters. The molecule has 1 saturated carbocycles. The molecule has 1 aliphatic carbocycles. The van der Waals surface area contributed by atoms with Crippen LogP contribution in [0.15, 0.2) is 29.4 Å². The predicted octanol–water partition coefficient (Wildman–Crippen LogP) is 2.10. The van der Waals surface area contributed by atoms with E-state index in [2.05, 4.69) is 10.5 Å². The van der Waals surface area contributed by atoms with Gasteiger partial charge in [-0.2, -0.15) is 5.10 Å². The molecule has 0 aromatic heterocycles. The Kier molecular flexibility index (Phi) is 5.45. The minimum absolute atomic E-state index is 0.278. The molecule has 0 aliphatic heterocycles. The molecule has 6 heteroatoms. The van der Waals surface area contributed by atoms with Gasteiger partial charge in [0, 0.05) is 17.3 Å². The third-order valence-electron chi connectivity index (χ3n) is 3.61. The van der Waals surface area contributed by atoms with Gasteiger partial charge in [0.1, 0.15) is 0 Å². The molecular formula is C15H19N3O3. The Bertz CT molecular complexity index is 519. The topological polar surface area (TPSA) is 90.8 Å². The molecule has 21 heavy (non-hydrogen) atoms. The van der Waals surface area contributed by atoms with Crippen LogP contribution in [-0.4, -0.2) is 23.2 Å². The van der Waals surface area contributed by atoms with Crippen molar-refractivity contribution >= 4 is 18.0 Å². The summed E-state index contributed by atoms with van der Waals surface area (Å²) in [6.45, 7) is 0. The molecule has 1 fully saturated rings. The number of hydroxylamine groups is 1. The Morgan fingerprint density at radius 3 is 2.19 bits per heavy atom. The van der Waals surface area contributed by atoms with Gasteiger partial charge < -0.3 is 0 Å². The first-order valence-corrected chi connectivity index (χ1v) is 7.08. The van der Waals surface area contributed by atoms with Crippen LogP contribution in [-0.2, 0) is 0 Å². The lowest BCUT2D eigenvalue weighted by Crippen LogP contribution is -2.20. The molecule has 0 saturated heterocycles. The van der Waals surface area contributed by atoms with E-state index in [-0.39, 0.29) is 11.5 Å². The number of benzene rings is 1. The number of carbonyl (C=O) groups is 2. The van der Waals surface area contributed by atoms with Crippen LogP contribution in [0.1, 0.15) is 52.8 Å². The zero-order chi connectivity index (χ0) is 15.1. The fourth-order valence-corrected chi connectivity index (χ4v) is 2.39. The fourth-order valence-electron chi connectivity index (χ4n) is 2.39. The van der Waals surface area contributed by atoms with Crippen molar-refractivity contribution in [2.45, 2.75) is 32.1 Å². The third kappa shape index (κ3) is 4.39. The average Bonchev–Trinajstić information content (AvgIpc) is 2.55. The summed E-state index contributed by atoms with van der Waals surface area (Å²) >= 11 is 0. The maximum absolute atomic E-state index is 11.9. The number of hydrogen-bond acceptors (Lipinski definition) is 4. The molecule has 3 N–H and O–H groups in total. The van der Waals surface area contributed by atoms with Crippen molar-refractivity contribution in [1.82, 2.24) is 10.9 Å². The second-order valence-electron chi connectivity index (χ2n) is 5.14. The molecule has 0 bridgehead atoms. The van der Waals surface area contributed by atoms with Crippen molar-refractivity contribution in [2.24, 2.45) is 11.0 Å². The van der Waals surface area contributed by atoms with Gasteiger partial charge in [-0.3, -0.25) is 14.8 Å². The number of rotatable bonds is 4. The minimum atomic E-state index is -0.614. The monoisotopic (exact) mass is 289 g/mol. The van der Waals surface area contributed by atoms with Crippen molar-refractivity contribution < 1.29 is 14.8 Å². The van der Waals surface area contributed by atoms with Gasteiger partial charge in [0.05, 0.1) is 0 Å². The Morgan fingerprint density at radius 2 is 1.62 bits per heavy atom. The Morgan fingerprint density at radius 1 is 1.05 bits per heavy atom. The number of nitrogens with zero attached hydrogens (tertiary/aromatic N) is 1. The average molecular weight is 289 g/mol. The van der Waals surface area contributed by atoms with Gasteiger partial charge in [-0.25, -0.2) is 10.9 Å². The molecule has 112 valence electrons. The highest BCUT2D eigenvalue weighted by atomic mass is 16.5. The number of hydrogen-bond donors (Lipinski definition) is 3. The Hall–Kier alpha value is -2.21. The van der Waals surface area contributed by atoms with Crippen LogP contribution in [0.25, 0.3) is 0 Å². The third-order valence-corrected chi connectivity index (χ3v) is 3.61. The summed E-state index contributed by atoms with van der Waals surface area (Å²) in [7, 11) is 0. The summed E-state index contributed by atoms with van der Waals surface area (Å²) in [6.07, 6.45) is 7.79. The minimum Gasteiger partial charge on any atom is -0.288 e. The number of amides is 2. The van der Waals surface area contributed by atoms with Crippen LogP contribution in [0, 0.1) is 5.92 Å². The van der Waals surface area contributed by atoms with Gasteiger partial charge in [0.2, 0.25) is 0 Å². The molecule has 1 aromatic rings. The molecule has 0 radical (unpaired) electrons. The second-order valence-corrected chi connectivity index (χ2v) is 5.14. The molecule has 1 aliphatic rings. The highest BCUT2D eigenvalue weighted by Crippen LogP contribution is 2.21. The van der Waals surface area contributed by atoms with Crippen molar-refractivity contribution in [3.8, 4) is 0 Å². The first-order chi connectivity index (χ1) is 10.2. The number of hydrazone groups is 1. The summed E-state index contributed by atoms with van der Waals surface area (Å²) in [6, 6.07) is 5.95. The summed E-state index contributed by atoms with van der Waals surface area (Å²) in [4.78, 5) is 23.0. The summed E-state index contributed by atoms with van der Waals surface area (Å²) in [5.74, 6) is -0.482. The molecule has 0 spiro atoms. The van der Waals surface area contributed by atoms with E-state index < -0.39 is 5.91 Å². The predicted molar refractivity (Wildman–Crippen MR) is 78.2 cm³/mol. The maximum atomic E-state index is 11.9. The van der Waals surface area contributed by atoms with E-state index in [0.717, 1.165) is 12.8 Å². The zero-order valence-corrected chi connectivity index (χ0v) is 11.7. The summed E-state index contributed by atoms with van der Waals surface area (Å²) in [5.41, 5.74) is 4.71. The number of carbonyl (C=O) groups excluding carboxylic acids is 2. The fraction of sp³-hybridized carbons (Fsp3) is 0.400. The van der Waals surface area contributed by atoms with Crippen molar-refractivity contribution in [3.63, 3.8) is 0 Å². The van der Waals surface area contributed by atoms with E-state index in [1.54, 1.807) is 0 Å².